The number of nitrogens with two attached hydrogens (primary N) is 1. The Morgan fingerprint density at radius 1 is 1.53 bits per heavy atom. The number of carbonyl (C=O) groups excluding carboxylic acids is 1. The Morgan fingerprint density at radius 3 is 2.84 bits per heavy atom. The fraction of sp³-hybridized carbons (Fsp3) is 0.583. The summed E-state index contributed by atoms with van der Waals surface area (Å²) >= 11 is 5.95. The van der Waals surface area contributed by atoms with Gasteiger partial charge in [0.1, 0.15) is 17.6 Å². The standard InChI is InChI=1S/C12H19ClN4O2/c1-3-4-5-17(7-10(14)18)12-6-9(13)15-11(16-12)8-19-2/h6H,3-5,7-8H2,1-2H3,(H2,14,18). The molecule has 6 nitrogen and oxygen atoms in total. The summed E-state index contributed by atoms with van der Waals surface area (Å²) in [6.45, 7) is 3.15. The van der Waals surface area contributed by atoms with Gasteiger partial charge in [0, 0.05) is 19.7 Å². The van der Waals surface area contributed by atoms with Crippen LogP contribution in [0.4, 0.5) is 5.82 Å². The van der Waals surface area contributed by atoms with Crippen molar-refractivity contribution in [2.75, 3.05) is 25.1 Å². The topological polar surface area (TPSA) is 81.3 Å². The SMILES string of the molecule is CCCCN(CC(N)=O)c1cc(Cl)nc(COC)n1. The molecule has 1 amide bonds. The molecule has 1 heterocycles. The number of hydrogen-bond acceptors (Lipinski definition) is 5. The lowest BCUT2D eigenvalue weighted by Crippen LogP contribution is -2.35. The average molecular weight is 287 g/mol. The summed E-state index contributed by atoms with van der Waals surface area (Å²) in [7, 11) is 1.56. The number of aromatic nitrogens is 2. The first kappa shape index (κ1) is 15.7. The minimum Gasteiger partial charge on any atom is -0.377 e. The zero-order chi connectivity index (χ0) is 14.3. The van der Waals surface area contributed by atoms with E-state index < -0.39 is 5.91 Å². The molecule has 1 aromatic rings. The second kappa shape index (κ2) is 7.91. The third-order valence-electron chi connectivity index (χ3n) is 2.45. The number of ether oxygens (including phenoxy) is 1. The third-order valence-corrected chi connectivity index (χ3v) is 2.65. The van der Waals surface area contributed by atoms with Crippen molar-refractivity contribution < 1.29 is 9.53 Å². The van der Waals surface area contributed by atoms with Gasteiger partial charge in [0.15, 0.2) is 5.82 Å². The molecule has 2 N–H and O–H groups in total. The summed E-state index contributed by atoms with van der Waals surface area (Å²) in [4.78, 5) is 21.3. The number of primary amides is 1. The Bertz CT molecular complexity index is 428. The predicted molar refractivity (Wildman–Crippen MR) is 74.1 cm³/mol. The molecule has 0 atom stereocenters. The molecular formula is C12H19ClN4O2. The molecule has 0 aliphatic carbocycles. The molecule has 0 fully saturated rings. The molecule has 0 saturated heterocycles. The lowest BCUT2D eigenvalue weighted by molar-refractivity contribution is -0.116. The molecular weight excluding hydrogens is 268 g/mol. The molecule has 1 aromatic heterocycles. The minimum absolute atomic E-state index is 0.111. The van der Waals surface area contributed by atoms with E-state index in [9.17, 15) is 4.79 Å². The number of methoxy groups -OCH3 is 1. The van der Waals surface area contributed by atoms with Crippen LogP contribution in [0.5, 0.6) is 0 Å². The maximum absolute atomic E-state index is 11.1. The van der Waals surface area contributed by atoms with Crippen LogP contribution in [0.1, 0.15) is 25.6 Å². The lowest BCUT2D eigenvalue weighted by Gasteiger charge is -2.22. The Kier molecular flexibility index (Phi) is 6.52. The first-order chi connectivity index (χ1) is 9.06. The number of rotatable bonds is 8. The number of unbranched alkanes of at least 4 members (excludes halogenated alkanes) is 1. The van der Waals surface area contributed by atoms with Gasteiger partial charge in [-0.15, -0.1) is 0 Å². The molecule has 0 aliphatic heterocycles. The molecule has 0 saturated carbocycles. The number of nitrogens with zero attached hydrogens (tertiary/aromatic N) is 3. The average Bonchev–Trinajstić information content (AvgIpc) is 2.33. The number of carbonyl (C=O) groups is 1. The molecule has 0 radical (unpaired) electrons. The summed E-state index contributed by atoms with van der Waals surface area (Å²) in [6.07, 6.45) is 1.95. The van der Waals surface area contributed by atoms with E-state index in [0.717, 1.165) is 12.8 Å². The van der Waals surface area contributed by atoms with Crippen molar-refractivity contribution in [2.45, 2.75) is 26.4 Å². The van der Waals surface area contributed by atoms with Crippen LogP contribution in [0.2, 0.25) is 5.15 Å². The van der Waals surface area contributed by atoms with Gasteiger partial charge in [-0.25, -0.2) is 9.97 Å². The number of halogens is 1. The van der Waals surface area contributed by atoms with Gasteiger partial charge in [-0.05, 0) is 6.42 Å². The Hall–Kier alpha value is -1.40. The van der Waals surface area contributed by atoms with Crippen molar-refractivity contribution in [1.29, 1.82) is 0 Å². The maximum Gasteiger partial charge on any atom is 0.236 e. The Morgan fingerprint density at radius 2 is 2.26 bits per heavy atom. The number of hydrogen-bond donors (Lipinski definition) is 1. The van der Waals surface area contributed by atoms with Crippen LogP contribution in [0, 0.1) is 0 Å². The second-order valence-electron chi connectivity index (χ2n) is 4.14. The van der Waals surface area contributed by atoms with Crippen LogP contribution in [0.25, 0.3) is 0 Å². The molecule has 1 rings (SSSR count). The van der Waals surface area contributed by atoms with E-state index in [0.29, 0.717) is 23.3 Å². The largest absolute Gasteiger partial charge is 0.377 e. The summed E-state index contributed by atoms with van der Waals surface area (Å²) in [6, 6.07) is 1.62. The van der Waals surface area contributed by atoms with Gasteiger partial charge in [-0.2, -0.15) is 0 Å². The molecule has 0 unspecified atom stereocenters. The fourth-order valence-electron chi connectivity index (χ4n) is 1.62. The van der Waals surface area contributed by atoms with E-state index in [1.807, 2.05) is 0 Å². The highest BCUT2D eigenvalue weighted by molar-refractivity contribution is 6.29. The van der Waals surface area contributed by atoms with Crippen LogP contribution in [0.15, 0.2) is 6.07 Å². The zero-order valence-electron chi connectivity index (χ0n) is 11.2. The molecule has 19 heavy (non-hydrogen) atoms. The fourth-order valence-corrected chi connectivity index (χ4v) is 1.81. The summed E-state index contributed by atoms with van der Waals surface area (Å²) in [5.41, 5.74) is 5.26. The molecule has 0 aromatic carbocycles. The summed E-state index contributed by atoms with van der Waals surface area (Å²) < 4.78 is 4.99. The van der Waals surface area contributed by atoms with Crippen LogP contribution in [-0.2, 0) is 16.1 Å². The molecule has 7 heteroatoms. The van der Waals surface area contributed by atoms with Crippen molar-refractivity contribution in [1.82, 2.24) is 9.97 Å². The van der Waals surface area contributed by atoms with Crippen LogP contribution < -0.4 is 10.6 Å². The Balaban J connectivity index is 2.95. The van der Waals surface area contributed by atoms with Gasteiger partial charge >= 0.3 is 0 Å². The second-order valence-corrected chi connectivity index (χ2v) is 4.53. The van der Waals surface area contributed by atoms with Gasteiger partial charge < -0.3 is 15.4 Å². The van der Waals surface area contributed by atoms with Gasteiger partial charge in [-0.3, -0.25) is 4.79 Å². The Labute approximate surface area is 117 Å². The van der Waals surface area contributed by atoms with Gasteiger partial charge in [0.25, 0.3) is 0 Å². The maximum atomic E-state index is 11.1. The van der Waals surface area contributed by atoms with E-state index in [1.165, 1.54) is 0 Å². The van der Waals surface area contributed by atoms with E-state index >= 15 is 0 Å². The first-order valence-corrected chi connectivity index (χ1v) is 6.50. The molecule has 106 valence electrons. The molecule has 0 spiro atoms. The third kappa shape index (κ3) is 5.40. The predicted octanol–water partition coefficient (Wildman–Crippen LogP) is 1.37. The van der Waals surface area contributed by atoms with Gasteiger partial charge in [-0.1, -0.05) is 24.9 Å². The first-order valence-electron chi connectivity index (χ1n) is 6.12. The minimum atomic E-state index is -0.404. The van der Waals surface area contributed by atoms with Crippen LogP contribution in [0.3, 0.4) is 0 Å². The van der Waals surface area contributed by atoms with E-state index in [-0.39, 0.29) is 13.2 Å². The van der Waals surface area contributed by atoms with E-state index in [2.05, 4.69) is 16.9 Å². The van der Waals surface area contributed by atoms with E-state index in [1.54, 1.807) is 18.1 Å². The smallest absolute Gasteiger partial charge is 0.236 e. The van der Waals surface area contributed by atoms with E-state index in [4.69, 9.17) is 22.1 Å². The number of anilines is 1. The molecule has 0 aliphatic rings. The van der Waals surface area contributed by atoms with Crippen molar-refractivity contribution in [3.05, 3.63) is 17.0 Å². The van der Waals surface area contributed by atoms with Crippen LogP contribution >= 0.6 is 11.6 Å². The van der Waals surface area contributed by atoms with Crippen molar-refractivity contribution >= 4 is 23.3 Å². The van der Waals surface area contributed by atoms with Crippen LogP contribution in [-0.4, -0.2) is 36.1 Å². The number of amides is 1. The van der Waals surface area contributed by atoms with Gasteiger partial charge in [0.05, 0.1) is 6.54 Å². The summed E-state index contributed by atoms with van der Waals surface area (Å²) in [5.74, 6) is 0.675. The molecule has 0 bridgehead atoms. The quantitative estimate of drug-likeness (QED) is 0.730. The van der Waals surface area contributed by atoms with Gasteiger partial charge in [0.2, 0.25) is 5.91 Å². The van der Waals surface area contributed by atoms with Crippen molar-refractivity contribution in [2.24, 2.45) is 5.73 Å². The highest BCUT2D eigenvalue weighted by atomic mass is 35.5. The lowest BCUT2D eigenvalue weighted by atomic mass is 10.3. The summed E-state index contributed by atoms with van der Waals surface area (Å²) in [5, 5.41) is 0.322. The normalized spacial score (nSPS) is 10.5. The van der Waals surface area contributed by atoms with Crippen molar-refractivity contribution in [3.8, 4) is 0 Å². The van der Waals surface area contributed by atoms with Crippen molar-refractivity contribution in [3.63, 3.8) is 0 Å². The highest BCUT2D eigenvalue weighted by Gasteiger charge is 2.13. The highest BCUT2D eigenvalue weighted by Crippen LogP contribution is 2.17. The monoisotopic (exact) mass is 286 g/mol. The zero-order valence-corrected chi connectivity index (χ0v) is 12.0.